The van der Waals surface area contributed by atoms with Gasteiger partial charge in [0.05, 0.1) is 11.4 Å². The number of anilines is 3. The highest BCUT2D eigenvalue weighted by Gasteiger charge is 2.41. The predicted octanol–water partition coefficient (Wildman–Crippen LogP) is 15.8. The summed E-state index contributed by atoms with van der Waals surface area (Å²) in [5.41, 5.74) is 22.2. The van der Waals surface area contributed by atoms with E-state index >= 15 is 0 Å². The fraction of sp³-hybridized carbons (Fsp3) is 0.0847. The van der Waals surface area contributed by atoms with Crippen molar-refractivity contribution in [2.75, 3.05) is 4.90 Å². The molecule has 0 amide bonds. The molecule has 0 aliphatic heterocycles. The molecule has 2 aliphatic carbocycles. The predicted molar refractivity (Wildman–Crippen MR) is 252 cm³/mol. The van der Waals surface area contributed by atoms with E-state index in [2.05, 4.69) is 244 Å². The molecule has 0 fully saturated rings. The minimum atomic E-state index is -0.296. The molecular formula is C59H45N. The Morgan fingerprint density at radius 1 is 0.317 bits per heavy atom. The Morgan fingerprint density at radius 3 is 1.55 bits per heavy atom. The number of fused-ring (bicyclic) bond motifs is 6. The van der Waals surface area contributed by atoms with Crippen LogP contribution < -0.4 is 4.90 Å². The summed E-state index contributed by atoms with van der Waals surface area (Å²) in [6, 6.07) is 80.7. The third kappa shape index (κ3) is 5.46. The van der Waals surface area contributed by atoms with Crippen molar-refractivity contribution in [3.05, 3.63) is 246 Å². The smallest absolute Gasteiger partial charge is 0.0540 e. The summed E-state index contributed by atoms with van der Waals surface area (Å²) in [6.45, 7) is 7.13. The summed E-state index contributed by atoms with van der Waals surface area (Å²) >= 11 is 0. The number of hydrogen-bond acceptors (Lipinski definition) is 1. The van der Waals surface area contributed by atoms with Crippen LogP contribution in [0.4, 0.5) is 17.1 Å². The molecular weight excluding hydrogens is 723 g/mol. The third-order valence-corrected chi connectivity index (χ3v) is 13.4. The van der Waals surface area contributed by atoms with E-state index in [1.807, 2.05) is 0 Å². The fourth-order valence-corrected chi connectivity index (χ4v) is 10.4. The molecule has 0 heterocycles. The summed E-state index contributed by atoms with van der Waals surface area (Å²) in [5.74, 6) is 0. The molecule has 0 spiro atoms. The van der Waals surface area contributed by atoms with E-state index in [0.29, 0.717) is 0 Å². The van der Waals surface area contributed by atoms with Crippen molar-refractivity contribution in [3.8, 4) is 55.6 Å². The minimum Gasteiger partial charge on any atom is -0.309 e. The van der Waals surface area contributed by atoms with Gasteiger partial charge in [-0.3, -0.25) is 0 Å². The Hall–Kier alpha value is -7.22. The van der Waals surface area contributed by atoms with E-state index in [4.69, 9.17) is 0 Å². The van der Waals surface area contributed by atoms with Gasteiger partial charge in [0.15, 0.2) is 0 Å². The molecule has 1 nitrogen and oxygen atoms in total. The zero-order valence-electron chi connectivity index (χ0n) is 34.2. The van der Waals surface area contributed by atoms with Gasteiger partial charge in [-0.05, 0) is 110 Å². The van der Waals surface area contributed by atoms with Gasteiger partial charge in [-0.1, -0.05) is 202 Å². The number of hydrogen-bond donors (Lipinski definition) is 0. The number of rotatable bonds is 7. The zero-order chi connectivity index (χ0) is 40.4. The standard InChI is InChI=1S/C59H45N/c1-58(2)51-28-14-11-26-50(51)57-49(27-18-30-53(57)58)48-25-13-17-32-56(48)60(44-36-33-41(34-37-44)40-19-6-4-7-20-40)55-31-16-12-23-45(55)42-35-38-47-46-24-10-15-29-52(46)59(3,54(47)39-42)43-21-8-5-9-22-43/h4-39H,1-3H3. The first-order valence-corrected chi connectivity index (χ1v) is 21.1. The molecule has 9 aromatic carbocycles. The van der Waals surface area contributed by atoms with Crippen LogP contribution in [0.1, 0.15) is 48.6 Å². The zero-order valence-corrected chi connectivity index (χ0v) is 34.2. The quantitative estimate of drug-likeness (QED) is 0.156. The van der Waals surface area contributed by atoms with Crippen molar-refractivity contribution < 1.29 is 0 Å². The SMILES string of the molecule is CC1(C)c2ccccc2-c2c(-c3ccccc3N(c3ccc(-c4ccccc4)cc3)c3ccccc3-c3ccc4c(c3)C(C)(c3ccccc3)c3ccccc3-4)cccc21. The van der Waals surface area contributed by atoms with Gasteiger partial charge < -0.3 is 4.90 Å². The summed E-state index contributed by atoms with van der Waals surface area (Å²) in [6.07, 6.45) is 0. The van der Waals surface area contributed by atoms with Crippen LogP contribution in [0.15, 0.2) is 218 Å². The molecule has 11 rings (SSSR count). The molecule has 1 unspecified atom stereocenters. The summed E-state index contributed by atoms with van der Waals surface area (Å²) < 4.78 is 0. The van der Waals surface area contributed by atoms with Crippen LogP contribution in [0.5, 0.6) is 0 Å². The van der Waals surface area contributed by atoms with Crippen LogP contribution in [0, 0.1) is 0 Å². The van der Waals surface area contributed by atoms with Crippen molar-refractivity contribution in [1.29, 1.82) is 0 Å². The first kappa shape index (κ1) is 35.9. The highest BCUT2D eigenvalue weighted by molar-refractivity contribution is 6.00. The van der Waals surface area contributed by atoms with Crippen molar-refractivity contribution >= 4 is 17.1 Å². The number of nitrogens with zero attached hydrogens (tertiary/aromatic N) is 1. The second-order valence-corrected chi connectivity index (χ2v) is 17.0. The van der Waals surface area contributed by atoms with Gasteiger partial charge >= 0.3 is 0 Å². The van der Waals surface area contributed by atoms with Gasteiger partial charge in [-0.2, -0.15) is 0 Å². The Balaban J connectivity index is 1.13. The molecule has 0 bridgehead atoms. The second kappa shape index (κ2) is 14.0. The normalized spacial score (nSPS) is 15.4. The summed E-state index contributed by atoms with van der Waals surface area (Å²) in [7, 11) is 0. The highest BCUT2D eigenvalue weighted by atomic mass is 15.1. The van der Waals surface area contributed by atoms with Crippen LogP contribution in [-0.2, 0) is 10.8 Å². The lowest BCUT2D eigenvalue weighted by Crippen LogP contribution is -2.22. The maximum Gasteiger partial charge on any atom is 0.0540 e. The number of benzene rings is 9. The van der Waals surface area contributed by atoms with Crippen LogP contribution in [-0.4, -0.2) is 0 Å². The van der Waals surface area contributed by atoms with E-state index in [-0.39, 0.29) is 10.8 Å². The molecule has 60 heavy (non-hydrogen) atoms. The molecule has 0 saturated heterocycles. The molecule has 0 saturated carbocycles. The summed E-state index contributed by atoms with van der Waals surface area (Å²) in [5, 5.41) is 0. The lowest BCUT2D eigenvalue weighted by Gasteiger charge is -2.31. The van der Waals surface area contributed by atoms with E-state index < -0.39 is 0 Å². The van der Waals surface area contributed by atoms with E-state index in [9.17, 15) is 0 Å². The monoisotopic (exact) mass is 767 g/mol. The van der Waals surface area contributed by atoms with Crippen molar-refractivity contribution in [2.24, 2.45) is 0 Å². The molecule has 286 valence electrons. The fourth-order valence-electron chi connectivity index (χ4n) is 10.4. The van der Waals surface area contributed by atoms with Gasteiger partial charge in [0, 0.05) is 27.6 Å². The first-order valence-electron chi connectivity index (χ1n) is 21.1. The van der Waals surface area contributed by atoms with E-state index in [1.54, 1.807) is 0 Å². The lowest BCUT2D eigenvalue weighted by molar-refractivity contribution is 0.660. The molecule has 1 atom stereocenters. The largest absolute Gasteiger partial charge is 0.309 e. The topological polar surface area (TPSA) is 3.24 Å². The van der Waals surface area contributed by atoms with Crippen molar-refractivity contribution in [1.82, 2.24) is 0 Å². The third-order valence-electron chi connectivity index (χ3n) is 13.4. The maximum absolute atomic E-state index is 2.49. The minimum absolute atomic E-state index is 0.0993. The van der Waals surface area contributed by atoms with Gasteiger partial charge in [-0.25, -0.2) is 0 Å². The molecule has 0 radical (unpaired) electrons. The molecule has 0 N–H and O–H groups in total. The maximum atomic E-state index is 2.49. The average Bonchev–Trinajstić information content (AvgIpc) is 3.71. The first-order chi connectivity index (χ1) is 29.4. The summed E-state index contributed by atoms with van der Waals surface area (Å²) in [4.78, 5) is 2.49. The molecule has 9 aromatic rings. The van der Waals surface area contributed by atoms with Gasteiger partial charge in [-0.15, -0.1) is 0 Å². The van der Waals surface area contributed by atoms with Crippen LogP contribution in [0.25, 0.3) is 55.6 Å². The van der Waals surface area contributed by atoms with Gasteiger partial charge in [0.25, 0.3) is 0 Å². The number of para-hydroxylation sites is 2. The highest BCUT2D eigenvalue weighted by Crippen LogP contribution is 2.56. The van der Waals surface area contributed by atoms with Crippen molar-refractivity contribution in [2.45, 2.75) is 31.6 Å². The Morgan fingerprint density at radius 2 is 0.817 bits per heavy atom. The van der Waals surface area contributed by atoms with Crippen LogP contribution >= 0.6 is 0 Å². The Kier molecular flexibility index (Phi) is 8.36. The average molecular weight is 768 g/mol. The van der Waals surface area contributed by atoms with Gasteiger partial charge in [0.1, 0.15) is 0 Å². The molecule has 0 aromatic heterocycles. The Bertz CT molecular complexity index is 3070. The van der Waals surface area contributed by atoms with Gasteiger partial charge in [0.2, 0.25) is 0 Å². The lowest BCUT2D eigenvalue weighted by atomic mass is 9.74. The van der Waals surface area contributed by atoms with Crippen molar-refractivity contribution in [3.63, 3.8) is 0 Å². The van der Waals surface area contributed by atoms with Crippen LogP contribution in [0.2, 0.25) is 0 Å². The molecule has 1 heteroatoms. The van der Waals surface area contributed by atoms with Crippen LogP contribution in [0.3, 0.4) is 0 Å². The Labute approximate surface area is 353 Å². The second-order valence-electron chi connectivity index (χ2n) is 17.0. The van der Waals surface area contributed by atoms with E-state index in [1.165, 1.54) is 83.5 Å². The molecule has 2 aliphatic rings. The van der Waals surface area contributed by atoms with E-state index in [0.717, 1.165) is 17.1 Å².